The second-order valence-corrected chi connectivity index (χ2v) is 10.3. The van der Waals surface area contributed by atoms with Gasteiger partial charge in [-0.3, -0.25) is 0 Å². The fourth-order valence-corrected chi connectivity index (χ4v) is 5.84. The number of sulfonamides is 1. The second-order valence-electron chi connectivity index (χ2n) is 7.79. The first-order valence-electron chi connectivity index (χ1n) is 9.02. The van der Waals surface area contributed by atoms with Gasteiger partial charge in [-0.15, -0.1) is 0 Å². The number of allylic oxidation sites excluding steroid dienone is 2. The molecule has 1 unspecified atom stereocenters. The molecule has 1 atom stereocenters. The molecule has 0 spiro atoms. The predicted molar refractivity (Wildman–Crippen MR) is 107 cm³/mol. The molecule has 4 rings (SSSR count). The van der Waals surface area contributed by atoms with Crippen LogP contribution in [0.5, 0.6) is 0 Å². The lowest BCUT2D eigenvalue weighted by Crippen LogP contribution is -2.53. The number of imide groups is 1. The van der Waals surface area contributed by atoms with Crippen molar-refractivity contribution in [2.45, 2.75) is 38.8 Å². The van der Waals surface area contributed by atoms with Gasteiger partial charge in [0.2, 0.25) is 10.0 Å². The quantitative estimate of drug-likeness (QED) is 0.638. The fraction of sp³-hybridized carbons (Fsp3) is 0.444. The summed E-state index contributed by atoms with van der Waals surface area (Å²) in [5.74, 6) is -1.07. The van der Waals surface area contributed by atoms with E-state index in [1.54, 1.807) is 20.0 Å². The molecule has 1 fully saturated rings. The zero-order valence-corrected chi connectivity index (χ0v) is 18.5. The molecule has 1 aromatic heterocycles. The Morgan fingerprint density at radius 1 is 1.41 bits per heavy atom. The smallest absolute Gasteiger partial charge is 0.357 e. The number of hydrogen-bond donors (Lipinski definition) is 1. The van der Waals surface area contributed by atoms with E-state index in [9.17, 15) is 18.0 Å². The highest BCUT2D eigenvalue weighted by Crippen LogP contribution is 2.37. The largest absolute Gasteiger partial charge is 0.501 e. The molecule has 0 bridgehead atoms. The summed E-state index contributed by atoms with van der Waals surface area (Å²) >= 11 is 3.34. The van der Waals surface area contributed by atoms with Crippen molar-refractivity contribution < 1.29 is 27.1 Å². The van der Waals surface area contributed by atoms with Crippen LogP contribution < -0.4 is 4.72 Å². The number of carbonyl (C=O) groups excluding carboxylic acids is 2. The average molecular weight is 484 g/mol. The van der Waals surface area contributed by atoms with Gasteiger partial charge in [0, 0.05) is 11.6 Å². The molecule has 3 amide bonds. The number of amides is 3. The second kappa shape index (κ2) is 6.71. The van der Waals surface area contributed by atoms with E-state index >= 15 is 0 Å². The first-order valence-corrected chi connectivity index (χ1v) is 11.3. The van der Waals surface area contributed by atoms with Gasteiger partial charge in [0.05, 0.1) is 22.1 Å². The summed E-state index contributed by atoms with van der Waals surface area (Å²) in [5, 5.41) is 3.77. The Morgan fingerprint density at radius 3 is 2.69 bits per heavy atom. The third kappa shape index (κ3) is 3.62. The number of fused-ring (bicyclic) bond motifs is 1. The van der Waals surface area contributed by atoms with Crippen LogP contribution in [0.15, 0.2) is 32.1 Å². The van der Waals surface area contributed by atoms with Gasteiger partial charge < -0.3 is 4.52 Å². The number of aromatic nitrogens is 1. The molecule has 1 aliphatic heterocycles. The third-order valence-electron chi connectivity index (χ3n) is 5.23. The van der Waals surface area contributed by atoms with E-state index in [0.29, 0.717) is 21.6 Å². The molecule has 1 aromatic rings. The van der Waals surface area contributed by atoms with Crippen LogP contribution in [0.4, 0.5) is 4.79 Å². The molecule has 0 radical (unpaired) electrons. The van der Waals surface area contributed by atoms with Crippen LogP contribution in [-0.4, -0.2) is 53.3 Å². The van der Waals surface area contributed by atoms with E-state index in [0.717, 1.165) is 17.7 Å². The van der Waals surface area contributed by atoms with Crippen molar-refractivity contribution >= 4 is 43.6 Å². The zero-order valence-electron chi connectivity index (χ0n) is 16.1. The molecule has 1 N–H and O–H groups in total. The Kier molecular flexibility index (Phi) is 4.67. The van der Waals surface area contributed by atoms with Crippen LogP contribution in [0.1, 0.15) is 31.2 Å². The molecule has 154 valence electrons. The van der Waals surface area contributed by atoms with Crippen molar-refractivity contribution in [3.8, 4) is 0 Å². The van der Waals surface area contributed by atoms with E-state index in [4.69, 9.17) is 4.52 Å². The van der Waals surface area contributed by atoms with Gasteiger partial charge in [0.15, 0.2) is 12.3 Å². The van der Waals surface area contributed by atoms with Crippen molar-refractivity contribution in [3.05, 3.63) is 39.1 Å². The summed E-state index contributed by atoms with van der Waals surface area (Å²) in [4.78, 5) is 26.9. The number of urea groups is 1. The molecule has 2 aliphatic carbocycles. The Balaban J connectivity index is 1.71. The number of aryl methyl sites for hydroxylation is 1. The van der Waals surface area contributed by atoms with E-state index < -0.39 is 33.4 Å². The highest BCUT2D eigenvalue weighted by Gasteiger charge is 2.50. The van der Waals surface area contributed by atoms with Crippen LogP contribution in [0, 0.1) is 12.8 Å². The van der Waals surface area contributed by atoms with Gasteiger partial charge in [0.25, 0.3) is 0 Å². The highest BCUT2D eigenvalue weighted by molar-refractivity contribution is 9.12. The maximum absolute atomic E-state index is 13.1. The first kappa shape index (κ1) is 20.2. The van der Waals surface area contributed by atoms with Crippen LogP contribution in [0.25, 0.3) is 0 Å². The van der Waals surface area contributed by atoms with Gasteiger partial charge in [0.1, 0.15) is 11.6 Å². The van der Waals surface area contributed by atoms with Crippen molar-refractivity contribution in [2.24, 2.45) is 5.92 Å². The summed E-state index contributed by atoms with van der Waals surface area (Å²) in [5.41, 5.74) is 0.596. The number of nitrogens with zero attached hydrogens (tertiary/aromatic N) is 3. The highest BCUT2D eigenvalue weighted by atomic mass is 79.9. The van der Waals surface area contributed by atoms with E-state index in [1.807, 2.05) is 6.92 Å². The van der Waals surface area contributed by atoms with E-state index in [2.05, 4.69) is 25.8 Å². The van der Waals surface area contributed by atoms with Gasteiger partial charge in [-0.05, 0) is 54.8 Å². The van der Waals surface area contributed by atoms with E-state index in [-0.39, 0.29) is 11.4 Å². The maximum Gasteiger partial charge on any atom is 0.501 e. The zero-order chi connectivity index (χ0) is 21.1. The van der Waals surface area contributed by atoms with Crippen LogP contribution >= 0.6 is 15.9 Å². The lowest BCUT2D eigenvalue weighted by molar-refractivity contribution is -0.407. The molecule has 2 heterocycles. The number of rotatable bonds is 5. The standard InChI is InChI=1S/C18H20BrN4O5S/c1-10-6-11(28-20-10)9-23-16(24)13-7-12(29(26,27)21-18(2)4-5-18)8-14(19)15(13)22(3)17(23)25/h6-8,13,21H,4-5,9H2,1-3H3/q+1. The van der Waals surface area contributed by atoms with Crippen molar-refractivity contribution in [3.63, 3.8) is 0 Å². The summed E-state index contributed by atoms with van der Waals surface area (Å²) in [6, 6.07) is 1.12. The Labute approximate surface area is 176 Å². The maximum atomic E-state index is 13.1. The van der Waals surface area contributed by atoms with Crippen molar-refractivity contribution in [2.75, 3.05) is 7.05 Å². The molecular formula is C18H20BrN4O5S+. The molecule has 0 aromatic carbocycles. The summed E-state index contributed by atoms with van der Waals surface area (Å²) in [6.07, 6.45) is 4.35. The molecule has 29 heavy (non-hydrogen) atoms. The summed E-state index contributed by atoms with van der Waals surface area (Å²) < 4.78 is 35.1. The SMILES string of the molecule is Cc1cc(CN2C(=O)C3C=C(S(=O)(=O)NC4(C)CC4)C=C(Br)C3=[N+](C)C2=O)on1. The number of hydrogen-bond acceptors (Lipinski definition) is 6. The van der Waals surface area contributed by atoms with Crippen LogP contribution in [-0.2, 0) is 21.4 Å². The molecule has 11 heteroatoms. The van der Waals surface area contributed by atoms with Gasteiger partial charge in [-0.1, -0.05) is 5.16 Å². The molecule has 3 aliphatic rings. The lowest BCUT2D eigenvalue weighted by atomic mass is 9.94. The summed E-state index contributed by atoms with van der Waals surface area (Å²) in [7, 11) is -2.26. The lowest BCUT2D eigenvalue weighted by Gasteiger charge is -2.27. The predicted octanol–water partition coefficient (Wildman–Crippen LogP) is 1.79. The van der Waals surface area contributed by atoms with Gasteiger partial charge >= 0.3 is 11.9 Å². The van der Waals surface area contributed by atoms with Gasteiger partial charge in [-0.2, -0.15) is 14.3 Å². The Bertz CT molecular complexity index is 1130. The fourth-order valence-electron chi connectivity index (χ4n) is 3.37. The average Bonchev–Trinajstić information content (AvgIpc) is 3.20. The Morgan fingerprint density at radius 2 is 2.10 bits per heavy atom. The minimum atomic E-state index is -3.80. The van der Waals surface area contributed by atoms with Gasteiger partial charge in [-0.25, -0.2) is 17.9 Å². The number of halogens is 1. The first-order chi connectivity index (χ1) is 13.5. The normalized spacial score (nSPS) is 23.7. The van der Waals surface area contributed by atoms with Crippen LogP contribution in [0.2, 0.25) is 0 Å². The minimum Gasteiger partial charge on any atom is -0.357 e. The topological polar surface area (TPSA) is 113 Å². The minimum absolute atomic E-state index is 0.00203. The monoisotopic (exact) mass is 483 g/mol. The molecule has 0 saturated heterocycles. The van der Waals surface area contributed by atoms with Crippen LogP contribution in [0.3, 0.4) is 0 Å². The molecule has 9 nitrogen and oxygen atoms in total. The summed E-state index contributed by atoms with van der Waals surface area (Å²) in [6.45, 7) is 3.49. The van der Waals surface area contributed by atoms with E-state index in [1.165, 1.54) is 16.7 Å². The Hall–Kier alpha value is -2.11. The third-order valence-corrected chi connectivity index (χ3v) is 7.50. The number of nitrogens with one attached hydrogen (secondary N) is 1. The molecule has 1 saturated carbocycles. The molecular weight excluding hydrogens is 464 g/mol. The number of carbonyl (C=O) groups is 2. The van der Waals surface area contributed by atoms with Crippen molar-refractivity contribution in [1.82, 2.24) is 14.8 Å². The van der Waals surface area contributed by atoms with Crippen molar-refractivity contribution in [1.29, 1.82) is 0 Å².